The highest BCUT2D eigenvalue weighted by Gasteiger charge is 2.41. The molecule has 0 aliphatic rings. The topological polar surface area (TPSA) is 68.0 Å². The van der Waals surface area contributed by atoms with Crippen molar-refractivity contribution < 1.29 is 23.1 Å². The molecule has 0 spiro atoms. The second-order valence-corrected chi connectivity index (χ2v) is 4.96. The van der Waals surface area contributed by atoms with Crippen molar-refractivity contribution in [3.05, 3.63) is 53.1 Å². The highest BCUT2D eigenvalue weighted by molar-refractivity contribution is 6.34. The van der Waals surface area contributed by atoms with Crippen molar-refractivity contribution in [3.8, 4) is 5.69 Å². The lowest BCUT2D eigenvalue weighted by Crippen LogP contribution is -2.17. The Balaban J connectivity index is 2.37. The van der Waals surface area contributed by atoms with Crippen molar-refractivity contribution in [1.82, 2.24) is 14.8 Å². The van der Waals surface area contributed by atoms with Gasteiger partial charge in [0, 0.05) is 10.8 Å². The third-order valence-corrected chi connectivity index (χ3v) is 3.52. The fourth-order valence-corrected chi connectivity index (χ4v) is 2.49. The normalized spacial score (nSPS) is 11.8. The predicted octanol–water partition coefficient (Wildman–Crippen LogP) is 3.79. The first-order valence-corrected chi connectivity index (χ1v) is 6.60. The Hall–Kier alpha value is -2.61. The van der Waals surface area contributed by atoms with Crippen LogP contribution in [0.1, 0.15) is 16.1 Å². The first-order valence-electron chi connectivity index (χ1n) is 6.23. The van der Waals surface area contributed by atoms with Crippen molar-refractivity contribution in [2.24, 2.45) is 0 Å². The zero-order valence-corrected chi connectivity index (χ0v) is 11.9. The van der Waals surface area contributed by atoms with Crippen molar-refractivity contribution in [2.45, 2.75) is 6.18 Å². The quantitative estimate of drug-likeness (QED) is 0.720. The summed E-state index contributed by atoms with van der Waals surface area (Å²) in [5, 5.41) is 13.5. The lowest BCUT2D eigenvalue weighted by atomic mass is 10.1. The van der Waals surface area contributed by atoms with Crippen LogP contribution in [-0.4, -0.2) is 25.8 Å². The molecule has 0 aliphatic carbocycles. The molecular formula is C14H7ClF3N3O2. The van der Waals surface area contributed by atoms with Crippen LogP contribution in [-0.2, 0) is 6.18 Å². The Morgan fingerprint density at radius 3 is 2.43 bits per heavy atom. The molecule has 2 heterocycles. The van der Waals surface area contributed by atoms with Gasteiger partial charge >= 0.3 is 12.1 Å². The minimum atomic E-state index is -4.90. The van der Waals surface area contributed by atoms with Crippen LogP contribution in [0.2, 0.25) is 5.15 Å². The van der Waals surface area contributed by atoms with Crippen LogP contribution in [0.5, 0.6) is 0 Å². The Labute approximate surface area is 131 Å². The third-order valence-electron chi connectivity index (χ3n) is 3.22. The minimum absolute atomic E-state index is 0.00942. The van der Waals surface area contributed by atoms with Gasteiger partial charge in [0.05, 0.1) is 18.1 Å². The first kappa shape index (κ1) is 15.3. The van der Waals surface area contributed by atoms with Gasteiger partial charge in [0.1, 0.15) is 10.7 Å². The number of fused-ring (bicyclic) bond motifs is 1. The Bertz CT molecular complexity index is 921. The number of carboxylic acids is 1. The first-order chi connectivity index (χ1) is 10.8. The number of nitrogens with zero attached hydrogens (tertiary/aromatic N) is 3. The van der Waals surface area contributed by atoms with E-state index in [-0.39, 0.29) is 10.8 Å². The number of aromatic nitrogens is 3. The van der Waals surface area contributed by atoms with E-state index in [0.29, 0.717) is 21.7 Å². The highest BCUT2D eigenvalue weighted by atomic mass is 35.5. The monoisotopic (exact) mass is 341 g/mol. The zero-order chi connectivity index (χ0) is 16.8. The summed E-state index contributed by atoms with van der Waals surface area (Å²) in [6.45, 7) is 0. The van der Waals surface area contributed by atoms with Gasteiger partial charge in [0.15, 0.2) is 5.69 Å². The van der Waals surface area contributed by atoms with E-state index < -0.39 is 23.4 Å². The minimum Gasteiger partial charge on any atom is -0.478 e. The summed E-state index contributed by atoms with van der Waals surface area (Å²) in [6, 6.07) is 6.44. The number of pyridine rings is 1. The number of rotatable bonds is 2. The van der Waals surface area contributed by atoms with Gasteiger partial charge in [-0.3, -0.25) is 0 Å². The molecule has 23 heavy (non-hydrogen) atoms. The van der Waals surface area contributed by atoms with E-state index >= 15 is 0 Å². The van der Waals surface area contributed by atoms with Crippen LogP contribution in [0, 0.1) is 0 Å². The smallest absolute Gasteiger partial charge is 0.434 e. The molecule has 1 N–H and O–H groups in total. The van der Waals surface area contributed by atoms with Crippen LogP contribution in [0.15, 0.2) is 36.7 Å². The van der Waals surface area contributed by atoms with E-state index in [1.807, 2.05) is 0 Å². The van der Waals surface area contributed by atoms with Crippen molar-refractivity contribution in [3.63, 3.8) is 0 Å². The molecule has 0 bridgehead atoms. The molecule has 3 aromatic rings. The van der Waals surface area contributed by atoms with Crippen LogP contribution in [0.25, 0.3) is 16.5 Å². The van der Waals surface area contributed by atoms with Gasteiger partial charge in [-0.25, -0.2) is 14.5 Å². The molecule has 0 atom stereocenters. The molecule has 118 valence electrons. The molecule has 0 unspecified atom stereocenters. The van der Waals surface area contributed by atoms with Crippen molar-refractivity contribution in [2.75, 3.05) is 0 Å². The summed E-state index contributed by atoms with van der Waals surface area (Å²) >= 11 is 5.94. The van der Waals surface area contributed by atoms with Gasteiger partial charge in [0.2, 0.25) is 0 Å². The Morgan fingerprint density at radius 2 is 1.83 bits per heavy atom. The van der Waals surface area contributed by atoms with E-state index in [0.717, 1.165) is 6.20 Å². The number of carbonyl (C=O) groups is 1. The maximum atomic E-state index is 13.3. The molecule has 2 aromatic heterocycles. The lowest BCUT2D eigenvalue weighted by Gasteiger charge is -2.13. The van der Waals surface area contributed by atoms with Gasteiger partial charge in [0.25, 0.3) is 0 Å². The second kappa shape index (κ2) is 5.24. The van der Waals surface area contributed by atoms with Crippen LogP contribution < -0.4 is 0 Å². The fourth-order valence-electron chi connectivity index (χ4n) is 2.27. The number of halogens is 4. The molecule has 0 saturated heterocycles. The molecule has 0 fully saturated rings. The number of alkyl halides is 3. The SMILES string of the molecule is O=C(O)c1cnn(-c2cnc(Cl)c3ccccc23)c1C(F)(F)F. The van der Waals surface area contributed by atoms with Gasteiger partial charge in [-0.2, -0.15) is 18.3 Å². The lowest BCUT2D eigenvalue weighted by molar-refractivity contribution is -0.143. The summed E-state index contributed by atoms with van der Waals surface area (Å²) in [4.78, 5) is 14.9. The standard InChI is InChI=1S/C14H7ClF3N3O2/c15-12-8-4-2-1-3-7(8)10(6-19-12)21-11(14(16,17)18)9(5-20-21)13(22)23/h1-6H,(H,22,23). The average molecular weight is 342 g/mol. The number of hydrogen-bond acceptors (Lipinski definition) is 3. The number of carboxylic acid groups (broad SMARTS) is 1. The maximum Gasteiger partial charge on any atom is 0.434 e. The summed E-state index contributed by atoms with van der Waals surface area (Å²) < 4.78 is 40.4. The van der Waals surface area contributed by atoms with Crippen LogP contribution in [0.3, 0.4) is 0 Å². The molecule has 0 aliphatic heterocycles. The van der Waals surface area contributed by atoms with E-state index in [2.05, 4.69) is 10.1 Å². The maximum absolute atomic E-state index is 13.3. The summed E-state index contributed by atoms with van der Waals surface area (Å²) in [6.07, 6.45) is -3.11. The second-order valence-electron chi connectivity index (χ2n) is 4.60. The van der Waals surface area contributed by atoms with E-state index in [4.69, 9.17) is 16.7 Å². The van der Waals surface area contributed by atoms with E-state index in [1.54, 1.807) is 24.3 Å². The predicted molar refractivity (Wildman–Crippen MR) is 75.8 cm³/mol. The molecular weight excluding hydrogens is 335 g/mol. The molecule has 0 saturated carbocycles. The summed E-state index contributed by atoms with van der Waals surface area (Å²) in [7, 11) is 0. The highest BCUT2D eigenvalue weighted by Crippen LogP contribution is 2.35. The largest absolute Gasteiger partial charge is 0.478 e. The molecule has 5 nitrogen and oxygen atoms in total. The fraction of sp³-hybridized carbons (Fsp3) is 0.0714. The van der Waals surface area contributed by atoms with Crippen molar-refractivity contribution >= 4 is 28.3 Å². The Kier molecular flexibility index (Phi) is 3.48. The zero-order valence-electron chi connectivity index (χ0n) is 11.2. The molecule has 0 amide bonds. The van der Waals surface area contributed by atoms with Gasteiger partial charge in [-0.05, 0) is 0 Å². The van der Waals surface area contributed by atoms with Crippen LogP contribution in [0.4, 0.5) is 13.2 Å². The summed E-state index contributed by atoms with van der Waals surface area (Å²) in [5.74, 6) is -1.71. The number of hydrogen-bond donors (Lipinski definition) is 1. The van der Waals surface area contributed by atoms with Gasteiger partial charge in [-0.15, -0.1) is 0 Å². The van der Waals surface area contributed by atoms with E-state index in [9.17, 15) is 18.0 Å². The molecule has 9 heteroatoms. The number of aromatic carboxylic acids is 1. The molecule has 1 aromatic carbocycles. The molecule has 3 rings (SSSR count). The summed E-state index contributed by atoms with van der Waals surface area (Å²) in [5.41, 5.74) is -2.32. The van der Waals surface area contributed by atoms with E-state index in [1.165, 1.54) is 0 Å². The third kappa shape index (κ3) is 2.50. The Morgan fingerprint density at radius 1 is 1.17 bits per heavy atom. The van der Waals surface area contributed by atoms with Gasteiger partial charge in [-0.1, -0.05) is 35.9 Å². The molecule has 0 radical (unpaired) electrons. The number of benzene rings is 1. The van der Waals surface area contributed by atoms with Crippen LogP contribution >= 0.6 is 11.6 Å². The van der Waals surface area contributed by atoms with Gasteiger partial charge < -0.3 is 5.11 Å². The van der Waals surface area contributed by atoms with Crippen molar-refractivity contribution in [1.29, 1.82) is 0 Å². The average Bonchev–Trinajstić information content (AvgIpc) is 2.93.